The first-order valence-electron chi connectivity index (χ1n) is 13.2. The fraction of sp³-hybridized carbons (Fsp3) is 0.962. The van der Waals surface area contributed by atoms with Crippen molar-refractivity contribution in [2.24, 2.45) is 23.7 Å². The van der Waals surface area contributed by atoms with Gasteiger partial charge in [0, 0.05) is 52.1 Å². The van der Waals surface area contributed by atoms with E-state index >= 15 is 0 Å². The summed E-state index contributed by atoms with van der Waals surface area (Å²) in [6, 6.07) is 0. The summed E-state index contributed by atoms with van der Waals surface area (Å²) in [6.45, 7) is 5.36. The van der Waals surface area contributed by atoms with E-state index in [1.807, 2.05) is 0 Å². The molecule has 1 heterocycles. The van der Waals surface area contributed by atoms with E-state index in [0.29, 0.717) is 11.7 Å². The Morgan fingerprint density at radius 3 is 1.48 bits per heavy atom. The molecule has 0 aromatic rings. The molecule has 5 heteroatoms. The first-order valence-corrected chi connectivity index (χ1v) is 13.2. The summed E-state index contributed by atoms with van der Waals surface area (Å²) in [6.07, 6.45) is 16.5. The van der Waals surface area contributed by atoms with Gasteiger partial charge in [-0.1, -0.05) is 12.8 Å². The second kappa shape index (κ2) is 12.1. The maximum Gasteiger partial charge on any atom is 0.168 e. The average molecular weight is 437 g/mol. The molecule has 5 rings (SSSR count). The molecule has 0 unspecified atom stereocenters. The third kappa shape index (κ3) is 7.52. The summed E-state index contributed by atoms with van der Waals surface area (Å²) in [5.41, 5.74) is 0. The summed E-state index contributed by atoms with van der Waals surface area (Å²) in [4.78, 5) is 11.0. The van der Waals surface area contributed by atoms with E-state index in [4.69, 9.17) is 18.9 Å². The summed E-state index contributed by atoms with van der Waals surface area (Å²) in [5, 5.41) is 0. The van der Waals surface area contributed by atoms with E-state index in [1.54, 1.807) is 0 Å². The lowest BCUT2D eigenvalue weighted by Gasteiger charge is -2.35. The van der Waals surface area contributed by atoms with Crippen molar-refractivity contribution in [2.45, 2.75) is 95.7 Å². The zero-order valence-electron chi connectivity index (χ0n) is 19.5. The smallest absolute Gasteiger partial charge is 0.168 e. The predicted molar refractivity (Wildman–Crippen MR) is 120 cm³/mol. The fourth-order valence-corrected chi connectivity index (χ4v) is 5.36. The Morgan fingerprint density at radius 2 is 1.06 bits per heavy atom. The van der Waals surface area contributed by atoms with Crippen molar-refractivity contribution >= 4 is 5.78 Å². The van der Waals surface area contributed by atoms with Crippen molar-refractivity contribution < 1.29 is 23.7 Å². The lowest BCUT2D eigenvalue weighted by molar-refractivity contribution is -0.185. The van der Waals surface area contributed by atoms with Crippen LogP contribution in [0.5, 0.6) is 0 Å². The Balaban J connectivity index is 0.000000152. The Kier molecular flexibility index (Phi) is 9.24. The fourth-order valence-electron chi connectivity index (χ4n) is 5.36. The molecule has 0 aromatic heterocycles. The van der Waals surface area contributed by atoms with Crippen molar-refractivity contribution in [3.63, 3.8) is 0 Å². The standard InChI is InChI=1S/C14H24O3.C12H20O2/c1-2-12(3-1)10-15-11-13-4-6-14(7-5-13)16-8-9-17-14;13-12-6-4-11(5-7-12)9-14-8-10-2-1-3-10/h12-13H,1-11H2;10-11H,1-9H2. The van der Waals surface area contributed by atoms with Crippen LogP contribution >= 0.6 is 0 Å². The third-order valence-corrected chi connectivity index (χ3v) is 8.21. The molecule has 4 aliphatic carbocycles. The van der Waals surface area contributed by atoms with Crippen LogP contribution in [-0.2, 0) is 23.7 Å². The number of carbonyl (C=O) groups excluding carboxylic acids is 1. The molecule has 5 nitrogen and oxygen atoms in total. The molecule has 1 aliphatic heterocycles. The van der Waals surface area contributed by atoms with Gasteiger partial charge in [0.2, 0.25) is 0 Å². The Labute approximate surface area is 188 Å². The third-order valence-electron chi connectivity index (χ3n) is 8.21. The summed E-state index contributed by atoms with van der Waals surface area (Å²) >= 11 is 0. The number of hydrogen-bond donors (Lipinski definition) is 0. The molecule has 0 bridgehead atoms. The van der Waals surface area contributed by atoms with Crippen LogP contribution in [0.1, 0.15) is 89.9 Å². The molecule has 0 radical (unpaired) electrons. The van der Waals surface area contributed by atoms with Crippen molar-refractivity contribution in [2.75, 3.05) is 39.6 Å². The highest BCUT2D eigenvalue weighted by Gasteiger charge is 2.40. The normalized spacial score (nSPS) is 27.5. The Hall–Kier alpha value is -0.490. The monoisotopic (exact) mass is 436 g/mol. The topological polar surface area (TPSA) is 54.0 Å². The Bertz CT molecular complexity index is 516. The second-order valence-corrected chi connectivity index (χ2v) is 10.7. The number of hydrogen-bond acceptors (Lipinski definition) is 5. The van der Waals surface area contributed by atoms with Crippen molar-refractivity contribution in [1.82, 2.24) is 0 Å². The van der Waals surface area contributed by atoms with Gasteiger partial charge in [-0.25, -0.2) is 0 Å². The molecule has 31 heavy (non-hydrogen) atoms. The first-order chi connectivity index (χ1) is 15.2. The van der Waals surface area contributed by atoms with Gasteiger partial charge in [-0.05, 0) is 75.0 Å². The number of rotatable bonds is 8. The molecular formula is C26H44O5. The number of Topliss-reactive ketones (excluding diaryl/α,β-unsaturated/α-hetero) is 1. The number of ether oxygens (including phenoxy) is 4. The van der Waals surface area contributed by atoms with Gasteiger partial charge in [0.15, 0.2) is 5.79 Å². The summed E-state index contributed by atoms with van der Waals surface area (Å²) in [7, 11) is 0. The van der Waals surface area contributed by atoms with Crippen LogP contribution in [0.15, 0.2) is 0 Å². The van der Waals surface area contributed by atoms with E-state index in [2.05, 4.69) is 0 Å². The Morgan fingerprint density at radius 1 is 0.645 bits per heavy atom. The van der Waals surface area contributed by atoms with E-state index in [1.165, 1.54) is 51.4 Å². The van der Waals surface area contributed by atoms with Crippen molar-refractivity contribution in [3.05, 3.63) is 0 Å². The minimum absolute atomic E-state index is 0.204. The van der Waals surface area contributed by atoms with Gasteiger partial charge in [0.1, 0.15) is 5.78 Å². The molecule has 0 N–H and O–H groups in total. The van der Waals surface area contributed by atoms with Crippen LogP contribution in [0.3, 0.4) is 0 Å². The van der Waals surface area contributed by atoms with Gasteiger partial charge >= 0.3 is 0 Å². The minimum Gasteiger partial charge on any atom is -0.381 e. The van der Waals surface area contributed by atoms with Gasteiger partial charge in [0.25, 0.3) is 0 Å². The predicted octanol–water partition coefficient (Wildman–Crippen LogP) is 5.30. The van der Waals surface area contributed by atoms with Crippen LogP contribution in [0.2, 0.25) is 0 Å². The lowest BCUT2D eigenvalue weighted by Crippen LogP contribution is -2.36. The summed E-state index contributed by atoms with van der Waals surface area (Å²) < 4.78 is 23.0. The molecule has 0 atom stereocenters. The molecule has 1 spiro atoms. The molecule has 178 valence electrons. The highest BCUT2D eigenvalue weighted by Crippen LogP contribution is 2.38. The first kappa shape index (κ1) is 23.7. The molecule has 1 saturated heterocycles. The van der Waals surface area contributed by atoms with Gasteiger partial charge in [0.05, 0.1) is 13.2 Å². The van der Waals surface area contributed by atoms with Crippen molar-refractivity contribution in [3.8, 4) is 0 Å². The van der Waals surface area contributed by atoms with E-state index in [9.17, 15) is 4.79 Å². The zero-order chi connectivity index (χ0) is 21.4. The van der Waals surface area contributed by atoms with Gasteiger partial charge in [-0.15, -0.1) is 0 Å². The molecule has 0 amide bonds. The number of ketones is 1. The minimum atomic E-state index is -0.204. The van der Waals surface area contributed by atoms with Gasteiger partial charge in [-0.2, -0.15) is 0 Å². The van der Waals surface area contributed by atoms with Gasteiger partial charge < -0.3 is 18.9 Å². The highest BCUT2D eigenvalue weighted by atomic mass is 16.7. The van der Waals surface area contributed by atoms with Crippen LogP contribution in [0.4, 0.5) is 0 Å². The SMILES string of the molecule is C1CC(COCC2CCC3(CC2)OCCO3)C1.O=C1CCC(COCC2CCC2)CC1. The van der Waals surface area contributed by atoms with E-state index < -0.39 is 0 Å². The largest absolute Gasteiger partial charge is 0.381 e. The second-order valence-electron chi connectivity index (χ2n) is 10.7. The van der Waals surface area contributed by atoms with Crippen molar-refractivity contribution in [1.29, 1.82) is 0 Å². The van der Waals surface area contributed by atoms with E-state index in [0.717, 1.165) is 95.9 Å². The number of carbonyl (C=O) groups is 1. The lowest BCUT2D eigenvalue weighted by atomic mass is 9.85. The average Bonchev–Trinajstić information content (AvgIpc) is 3.17. The van der Waals surface area contributed by atoms with E-state index in [-0.39, 0.29) is 5.79 Å². The quantitative estimate of drug-likeness (QED) is 0.517. The maximum absolute atomic E-state index is 11.0. The van der Waals surface area contributed by atoms with Crippen LogP contribution in [-0.4, -0.2) is 51.2 Å². The van der Waals surface area contributed by atoms with Gasteiger partial charge in [-0.3, -0.25) is 4.79 Å². The maximum atomic E-state index is 11.0. The van der Waals surface area contributed by atoms with Crippen LogP contribution < -0.4 is 0 Å². The highest BCUT2D eigenvalue weighted by molar-refractivity contribution is 5.79. The molecular weight excluding hydrogens is 392 g/mol. The zero-order valence-corrected chi connectivity index (χ0v) is 19.5. The van der Waals surface area contributed by atoms with Crippen LogP contribution in [0, 0.1) is 23.7 Å². The molecule has 0 aromatic carbocycles. The van der Waals surface area contributed by atoms with Crippen LogP contribution in [0.25, 0.3) is 0 Å². The molecule has 5 fully saturated rings. The summed E-state index contributed by atoms with van der Waals surface area (Å²) in [5.74, 6) is 3.35. The molecule has 5 aliphatic rings. The molecule has 4 saturated carbocycles.